The second-order valence-corrected chi connectivity index (χ2v) is 16.2. The van der Waals surface area contributed by atoms with Crippen molar-refractivity contribution < 1.29 is 9.47 Å². The van der Waals surface area contributed by atoms with E-state index in [2.05, 4.69) is 198 Å². The van der Waals surface area contributed by atoms with E-state index in [-0.39, 0.29) is 0 Å². The molecule has 0 saturated carbocycles. The summed E-state index contributed by atoms with van der Waals surface area (Å²) in [6, 6.07) is 61.6. The summed E-state index contributed by atoms with van der Waals surface area (Å²) in [4.78, 5) is 0. The van der Waals surface area contributed by atoms with Crippen LogP contribution < -0.4 is 0 Å². The van der Waals surface area contributed by atoms with Crippen LogP contribution in [0.4, 0.5) is 0 Å². The first-order valence-corrected chi connectivity index (χ1v) is 19.9. The largest absolute Gasteiger partial charge is 0.340 e. The van der Waals surface area contributed by atoms with Gasteiger partial charge in [0.25, 0.3) is 0 Å². The van der Waals surface area contributed by atoms with Crippen LogP contribution in [0.1, 0.15) is 89.0 Å². The van der Waals surface area contributed by atoms with Crippen LogP contribution in [0.2, 0.25) is 0 Å². The van der Waals surface area contributed by atoms with Crippen molar-refractivity contribution in [3.05, 3.63) is 259 Å². The molecule has 4 bridgehead atoms. The molecular weight excluding hydrogens is 681 g/mol. The molecule has 2 nitrogen and oxygen atoms in total. The SMILES string of the molecule is Cc1c2c(c(C)c3c(C)c4c(c(C)c13)[C@@]1(c3ccccc3)O[C@@]4(c3ccccc3)c3ccccc31)[C@]1(c3ccccc3)O[C@]2(c2ccccc2)c2ccccc21. The number of hydrogen-bond acceptors (Lipinski definition) is 2. The monoisotopic (exact) mass is 720 g/mol. The molecule has 0 aromatic heterocycles. The van der Waals surface area contributed by atoms with Gasteiger partial charge in [0.2, 0.25) is 0 Å². The molecule has 0 unspecified atom stereocenters. The first-order valence-electron chi connectivity index (χ1n) is 19.9. The zero-order valence-electron chi connectivity index (χ0n) is 32.0. The van der Waals surface area contributed by atoms with E-state index in [0.29, 0.717) is 0 Å². The summed E-state index contributed by atoms with van der Waals surface area (Å²) in [7, 11) is 0. The molecule has 0 amide bonds. The number of ether oxygens (including phenoxy) is 2. The van der Waals surface area contributed by atoms with E-state index in [9.17, 15) is 0 Å². The summed E-state index contributed by atoms with van der Waals surface area (Å²) in [6.45, 7) is 9.44. The van der Waals surface area contributed by atoms with E-state index in [1.54, 1.807) is 0 Å². The van der Waals surface area contributed by atoms with Crippen LogP contribution in [-0.4, -0.2) is 0 Å². The lowest BCUT2D eigenvalue weighted by molar-refractivity contribution is -0.0261. The van der Waals surface area contributed by atoms with Crippen LogP contribution >= 0.6 is 0 Å². The Morgan fingerprint density at radius 2 is 0.464 bits per heavy atom. The molecule has 4 heterocycles. The van der Waals surface area contributed by atoms with Crippen molar-refractivity contribution >= 4 is 10.8 Å². The first kappa shape index (κ1) is 32.2. The zero-order chi connectivity index (χ0) is 37.6. The summed E-state index contributed by atoms with van der Waals surface area (Å²) in [6.07, 6.45) is 0. The minimum Gasteiger partial charge on any atom is -0.340 e. The summed E-state index contributed by atoms with van der Waals surface area (Å²) in [5, 5.41) is 2.61. The van der Waals surface area contributed by atoms with Crippen molar-refractivity contribution in [2.75, 3.05) is 0 Å². The molecule has 0 fully saturated rings. The van der Waals surface area contributed by atoms with E-state index < -0.39 is 22.4 Å². The summed E-state index contributed by atoms with van der Waals surface area (Å²) >= 11 is 0. The molecule has 0 N–H and O–H groups in total. The maximum atomic E-state index is 7.93. The number of hydrogen-bond donors (Lipinski definition) is 0. The Kier molecular flexibility index (Phi) is 6.23. The Morgan fingerprint density at radius 3 is 0.679 bits per heavy atom. The zero-order valence-corrected chi connectivity index (χ0v) is 32.0. The van der Waals surface area contributed by atoms with Gasteiger partial charge in [0.05, 0.1) is 0 Å². The molecule has 0 spiro atoms. The van der Waals surface area contributed by atoms with Gasteiger partial charge in [-0.05, 0) is 105 Å². The molecule has 12 rings (SSSR count). The van der Waals surface area contributed by atoms with Crippen LogP contribution in [0.3, 0.4) is 0 Å². The van der Waals surface area contributed by atoms with Gasteiger partial charge in [0.1, 0.15) is 22.4 Å². The highest BCUT2D eigenvalue weighted by atomic mass is 16.5. The van der Waals surface area contributed by atoms with Crippen molar-refractivity contribution in [3.8, 4) is 0 Å². The van der Waals surface area contributed by atoms with Crippen LogP contribution in [0.15, 0.2) is 170 Å². The molecular formula is C54H40O2. The molecule has 4 atom stereocenters. The van der Waals surface area contributed by atoms with E-state index in [0.717, 1.165) is 22.3 Å². The number of fused-ring (bicyclic) bond motifs is 17. The Morgan fingerprint density at radius 1 is 0.268 bits per heavy atom. The number of aryl methyl sites for hydroxylation is 4. The molecule has 268 valence electrons. The molecule has 4 aliphatic rings. The van der Waals surface area contributed by atoms with Crippen LogP contribution in [0, 0.1) is 27.7 Å². The second kappa shape index (κ2) is 10.8. The van der Waals surface area contributed by atoms with Gasteiger partial charge < -0.3 is 9.47 Å². The van der Waals surface area contributed by atoms with Gasteiger partial charge in [-0.15, -0.1) is 0 Å². The van der Waals surface area contributed by atoms with Crippen LogP contribution in [0.25, 0.3) is 10.8 Å². The Balaban J connectivity index is 1.30. The Labute approximate surface area is 328 Å². The maximum Gasteiger partial charge on any atom is 0.146 e. The highest BCUT2D eigenvalue weighted by Crippen LogP contribution is 2.71. The van der Waals surface area contributed by atoms with Gasteiger partial charge in [0, 0.05) is 22.3 Å². The standard InChI is InChI=1S/C54H40O2/c1-33-45-34(2)49-50(54(40-27-15-8-16-28-40)44-32-20-19-31-43(44)53(49,56-54)39-25-13-7-14-26-39)36(4)46(45)35(3)48-47(33)51(37-21-9-5-10-22-37)41-29-17-18-30-42(41)52(48,55-51)38-23-11-6-12-24-38/h5-32H,1-4H3/t51-,52-,53+,54+. The van der Waals surface area contributed by atoms with Crippen LogP contribution in [-0.2, 0) is 31.9 Å². The minimum absolute atomic E-state index is 0.796. The molecule has 0 radical (unpaired) electrons. The summed E-state index contributed by atoms with van der Waals surface area (Å²) in [5.74, 6) is 0. The quantitative estimate of drug-likeness (QED) is 0.180. The molecule has 0 saturated heterocycles. The van der Waals surface area contributed by atoms with Gasteiger partial charge in [-0.25, -0.2) is 0 Å². The summed E-state index contributed by atoms with van der Waals surface area (Å²) in [5.41, 5.74) is 16.5. The third-order valence-corrected chi connectivity index (χ3v) is 13.9. The fourth-order valence-corrected chi connectivity index (χ4v) is 12.1. The van der Waals surface area contributed by atoms with Gasteiger partial charge >= 0.3 is 0 Å². The topological polar surface area (TPSA) is 18.5 Å². The highest BCUT2D eigenvalue weighted by molar-refractivity contribution is 6.01. The van der Waals surface area contributed by atoms with E-state index in [1.807, 2.05) is 0 Å². The number of rotatable bonds is 4. The van der Waals surface area contributed by atoms with Crippen LogP contribution in [0.5, 0.6) is 0 Å². The molecule has 4 aliphatic heterocycles. The number of benzene rings is 8. The smallest absolute Gasteiger partial charge is 0.146 e. The van der Waals surface area contributed by atoms with Crippen molar-refractivity contribution in [1.82, 2.24) is 0 Å². The molecule has 0 aliphatic carbocycles. The van der Waals surface area contributed by atoms with Gasteiger partial charge in [0.15, 0.2) is 0 Å². The average Bonchev–Trinajstić information content (AvgIpc) is 3.97. The minimum atomic E-state index is -0.796. The predicted molar refractivity (Wildman–Crippen MR) is 223 cm³/mol. The first-order chi connectivity index (χ1) is 27.4. The van der Waals surface area contributed by atoms with Crippen molar-refractivity contribution in [1.29, 1.82) is 0 Å². The van der Waals surface area contributed by atoms with E-state index in [4.69, 9.17) is 9.47 Å². The predicted octanol–water partition coefficient (Wildman–Crippen LogP) is 11.9. The Bertz CT molecular complexity index is 2550. The van der Waals surface area contributed by atoms with Gasteiger partial charge in [-0.1, -0.05) is 170 Å². The van der Waals surface area contributed by atoms with E-state index in [1.165, 1.54) is 77.5 Å². The lowest BCUT2D eigenvalue weighted by Crippen LogP contribution is -2.31. The molecule has 2 heteroatoms. The average molecular weight is 721 g/mol. The lowest BCUT2D eigenvalue weighted by Gasteiger charge is -2.37. The molecule has 8 aromatic rings. The van der Waals surface area contributed by atoms with Crippen molar-refractivity contribution in [2.24, 2.45) is 0 Å². The summed E-state index contributed by atoms with van der Waals surface area (Å²) < 4.78 is 15.9. The third kappa shape index (κ3) is 3.41. The van der Waals surface area contributed by atoms with Gasteiger partial charge in [-0.3, -0.25) is 0 Å². The third-order valence-electron chi connectivity index (χ3n) is 13.9. The second-order valence-electron chi connectivity index (χ2n) is 16.2. The fraction of sp³-hybridized carbons (Fsp3) is 0.148. The van der Waals surface area contributed by atoms with Crippen molar-refractivity contribution in [2.45, 2.75) is 50.1 Å². The highest BCUT2D eigenvalue weighted by Gasteiger charge is 2.68. The maximum absolute atomic E-state index is 7.93. The Hall–Kier alpha value is -6.06. The molecule has 56 heavy (non-hydrogen) atoms. The van der Waals surface area contributed by atoms with Crippen molar-refractivity contribution in [3.63, 3.8) is 0 Å². The molecule has 8 aromatic carbocycles. The normalized spacial score (nSPS) is 24.6. The van der Waals surface area contributed by atoms with E-state index >= 15 is 0 Å². The van der Waals surface area contributed by atoms with Gasteiger partial charge in [-0.2, -0.15) is 0 Å². The lowest BCUT2D eigenvalue weighted by atomic mass is 9.62. The fourth-order valence-electron chi connectivity index (χ4n) is 12.1.